The Kier molecular flexibility index (Phi) is 11.5. The average Bonchev–Trinajstić information content (AvgIpc) is 2.55. The molecule has 0 atom stereocenters. The number of aromatic amines is 1. The van der Waals surface area contributed by atoms with E-state index in [1.54, 1.807) is 0 Å². The highest BCUT2D eigenvalue weighted by Crippen LogP contribution is 2.12. The molecule has 1 aromatic rings. The van der Waals surface area contributed by atoms with E-state index in [1.165, 1.54) is 49.4 Å². The van der Waals surface area contributed by atoms with Crippen molar-refractivity contribution in [1.29, 1.82) is 0 Å². The first-order valence-corrected chi connectivity index (χ1v) is 10.9. The van der Waals surface area contributed by atoms with E-state index in [0.717, 1.165) is 23.9 Å². The fraction of sp³-hybridized carbons (Fsp3) is 0.750. The van der Waals surface area contributed by atoms with Gasteiger partial charge >= 0.3 is 5.69 Å². The Balaban J connectivity index is 2.11. The summed E-state index contributed by atoms with van der Waals surface area (Å²) in [5, 5.41) is 3.67. The van der Waals surface area contributed by atoms with Crippen molar-refractivity contribution in [2.24, 2.45) is 0 Å². The smallest absolute Gasteiger partial charge is 0.272 e. The molecule has 24 heavy (non-hydrogen) atoms. The maximum atomic E-state index is 11.9. The molecule has 8 heteroatoms. The van der Waals surface area contributed by atoms with Crippen molar-refractivity contribution in [1.82, 2.24) is 14.8 Å². The molecule has 0 bridgehead atoms. The molecule has 0 aliphatic rings. The number of aromatic nitrogens is 3. The minimum absolute atomic E-state index is 0.0612. The number of alkyl halides is 1. The van der Waals surface area contributed by atoms with E-state index in [-0.39, 0.29) is 16.9 Å². The summed E-state index contributed by atoms with van der Waals surface area (Å²) in [4.78, 5) is 36.7. The Morgan fingerprint density at radius 3 is 2.00 bits per heavy atom. The van der Waals surface area contributed by atoms with Crippen LogP contribution in [0, 0.1) is 0 Å². The van der Waals surface area contributed by atoms with Gasteiger partial charge in [0.25, 0.3) is 11.5 Å². The zero-order valence-corrected chi connectivity index (χ0v) is 17.6. The van der Waals surface area contributed by atoms with Crippen LogP contribution in [0.25, 0.3) is 0 Å². The normalized spacial score (nSPS) is 10.9. The lowest BCUT2D eigenvalue weighted by atomic mass is 10.1. The summed E-state index contributed by atoms with van der Waals surface area (Å²) < 4.78 is 1.92. The Morgan fingerprint density at radius 2 is 1.46 bits per heavy atom. The van der Waals surface area contributed by atoms with Crippen molar-refractivity contribution in [2.75, 3.05) is 4.43 Å². The molecule has 1 heterocycles. The molecular weight excluding hydrogens is 489 g/mol. The molecule has 0 saturated heterocycles. The molecule has 1 rings (SSSR count). The highest BCUT2D eigenvalue weighted by atomic mass is 127. The van der Waals surface area contributed by atoms with Crippen LogP contribution >= 0.6 is 38.5 Å². The van der Waals surface area contributed by atoms with E-state index >= 15 is 0 Å². The van der Waals surface area contributed by atoms with Gasteiger partial charge in [-0.05, 0) is 33.2 Å². The molecule has 1 aromatic heterocycles. The van der Waals surface area contributed by atoms with Crippen LogP contribution in [0.5, 0.6) is 0 Å². The number of hydrogen-bond donors (Lipinski definition) is 1. The SMILES string of the molecule is O=C(CCCCCCCCCCCCI)n1nc(Br)c(=O)[nH]c1=O. The third kappa shape index (κ3) is 8.55. The quantitative estimate of drug-likeness (QED) is 0.259. The molecule has 0 fully saturated rings. The summed E-state index contributed by atoms with van der Waals surface area (Å²) in [7, 11) is 0. The number of nitrogens with zero attached hydrogens (tertiary/aromatic N) is 2. The minimum Gasteiger partial charge on any atom is -0.272 e. The van der Waals surface area contributed by atoms with Crippen LogP contribution in [-0.2, 0) is 0 Å². The molecule has 0 aliphatic heterocycles. The lowest BCUT2D eigenvalue weighted by Crippen LogP contribution is -2.36. The highest BCUT2D eigenvalue weighted by Gasteiger charge is 2.11. The summed E-state index contributed by atoms with van der Waals surface area (Å²) in [6.07, 6.45) is 12.2. The highest BCUT2D eigenvalue weighted by molar-refractivity contribution is 14.1. The van der Waals surface area contributed by atoms with E-state index in [1.807, 2.05) is 0 Å². The van der Waals surface area contributed by atoms with Gasteiger partial charge in [-0.25, -0.2) is 4.79 Å². The van der Waals surface area contributed by atoms with Crippen LogP contribution in [0.1, 0.15) is 75.4 Å². The third-order valence-corrected chi connectivity index (χ3v) is 5.08. The largest absolute Gasteiger partial charge is 0.352 e. The molecule has 0 unspecified atom stereocenters. The monoisotopic (exact) mass is 513 g/mol. The van der Waals surface area contributed by atoms with Crippen LogP contribution in [0.2, 0.25) is 0 Å². The molecule has 0 spiro atoms. The van der Waals surface area contributed by atoms with E-state index in [2.05, 4.69) is 48.6 Å². The molecule has 0 aromatic carbocycles. The second-order valence-electron chi connectivity index (χ2n) is 5.83. The number of nitrogens with one attached hydrogen (secondary N) is 1. The predicted molar refractivity (Wildman–Crippen MR) is 107 cm³/mol. The number of carbonyl (C=O) groups excluding carboxylic acids is 1. The van der Waals surface area contributed by atoms with Gasteiger partial charge in [0.2, 0.25) is 0 Å². The van der Waals surface area contributed by atoms with Gasteiger partial charge in [-0.15, -0.1) is 9.78 Å². The topological polar surface area (TPSA) is 84.8 Å². The minimum atomic E-state index is -0.782. The van der Waals surface area contributed by atoms with Crippen molar-refractivity contribution in [2.45, 2.75) is 70.6 Å². The Labute approximate surface area is 164 Å². The van der Waals surface area contributed by atoms with Gasteiger partial charge in [-0.3, -0.25) is 14.6 Å². The van der Waals surface area contributed by atoms with Gasteiger partial charge in [0.1, 0.15) is 0 Å². The Morgan fingerprint density at radius 1 is 0.958 bits per heavy atom. The summed E-state index contributed by atoms with van der Waals surface area (Å²) in [6.45, 7) is 0. The van der Waals surface area contributed by atoms with E-state index in [0.29, 0.717) is 0 Å². The van der Waals surface area contributed by atoms with Gasteiger partial charge in [0.15, 0.2) is 4.60 Å². The first kappa shape index (κ1) is 21.5. The first-order chi connectivity index (χ1) is 11.6. The zero-order chi connectivity index (χ0) is 17.8. The standard InChI is InChI=1S/C16H25BrIN3O3/c17-14-15(23)19-16(24)21(20-14)13(22)11-9-7-5-3-1-2-4-6-8-10-12-18/h1-12H2,(H,19,23,24). The second-order valence-corrected chi connectivity index (χ2v) is 7.66. The van der Waals surface area contributed by atoms with Crippen molar-refractivity contribution in [3.05, 3.63) is 25.4 Å². The van der Waals surface area contributed by atoms with Crippen molar-refractivity contribution >= 4 is 44.4 Å². The Hall–Kier alpha value is -0.510. The molecule has 0 amide bonds. The number of H-pyrrole nitrogens is 1. The van der Waals surface area contributed by atoms with Crippen LogP contribution in [0.15, 0.2) is 14.2 Å². The number of unbranched alkanes of at least 4 members (excludes halogenated alkanes) is 9. The van der Waals surface area contributed by atoms with Gasteiger partial charge in [-0.2, -0.15) is 0 Å². The summed E-state index contributed by atoms with van der Waals surface area (Å²) >= 11 is 5.34. The molecule has 1 N–H and O–H groups in total. The molecular formula is C16H25BrIN3O3. The van der Waals surface area contributed by atoms with Crippen molar-refractivity contribution < 1.29 is 4.79 Å². The maximum Gasteiger partial charge on any atom is 0.352 e. The summed E-state index contributed by atoms with van der Waals surface area (Å²) in [6, 6.07) is 0. The van der Waals surface area contributed by atoms with E-state index in [4.69, 9.17) is 0 Å². The fourth-order valence-corrected chi connectivity index (χ4v) is 3.24. The van der Waals surface area contributed by atoms with Crippen LogP contribution in [0.4, 0.5) is 0 Å². The zero-order valence-electron chi connectivity index (χ0n) is 13.9. The summed E-state index contributed by atoms with van der Waals surface area (Å²) in [5.74, 6) is -0.382. The van der Waals surface area contributed by atoms with E-state index < -0.39 is 11.2 Å². The maximum absolute atomic E-state index is 11.9. The average molecular weight is 514 g/mol. The molecule has 6 nitrogen and oxygen atoms in total. The number of rotatable bonds is 12. The predicted octanol–water partition coefficient (Wildman–Crippen LogP) is 4.06. The molecule has 0 aliphatic carbocycles. The third-order valence-electron chi connectivity index (χ3n) is 3.80. The van der Waals surface area contributed by atoms with Crippen LogP contribution in [0.3, 0.4) is 0 Å². The van der Waals surface area contributed by atoms with Gasteiger partial charge < -0.3 is 0 Å². The number of carbonyl (C=O) groups is 1. The Bertz CT molecular complexity index is 615. The van der Waals surface area contributed by atoms with E-state index in [9.17, 15) is 14.4 Å². The lowest BCUT2D eigenvalue weighted by Gasteiger charge is -2.04. The fourth-order valence-electron chi connectivity index (χ4n) is 2.44. The molecule has 0 saturated carbocycles. The molecule has 136 valence electrons. The first-order valence-electron chi connectivity index (χ1n) is 8.54. The van der Waals surface area contributed by atoms with Gasteiger partial charge in [0.05, 0.1) is 0 Å². The second kappa shape index (κ2) is 12.8. The molecule has 0 radical (unpaired) electrons. The number of halogens is 2. The van der Waals surface area contributed by atoms with Gasteiger partial charge in [0, 0.05) is 6.42 Å². The summed E-state index contributed by atoms with van der Waals surface area (Å²) in [5.41, 5.74) is -1.41. The van der Waals surface area contributed by atoms with Crippen molar-refractivity contribution in [3.63, 3.8) is 0 Å². The van der Waals surface area contributed by atoms with Crippen LogP contribution in [-0.4, -0.2) is 25.1 Å². The lowest BCUT2D eigenvalue weighted by molar-refractivity contribution is 0.0873. The van der Waals surface area contributed by atoms with Gasteiger partial charge in [-0.1, -0.05) is 74.0 Å². The van der Waals surface area contributed by atoms with Crippen molar-refractivity contribution in [3.8, 4) is 0 Å². The van der Waals surface area contributed by atoms with Crippen LogP contribution < -0.4 is 11.2 Å². The number of hydrogen-bond acceptors (Lipinski definition) is 4.